The van der Waals surface area contributed by atoms with E-state index in [1.54, 1.807) is 12.1 Å². The van der Waals surface area contributed by atoms with Gasteiger partial charge in [-0.1, -0.05) is 0 Å². The number of anilines is 2. The second kappa shape index (κ2) is 4.35. The van der Waals surface area contributed by atoms with Crippen molar-refractivity contribution in [2.45, 2.75) is 0 Å². The SMILES string of the molecule is Nc1ccc(C(=O)Nc2cnccn2)nc1. The summed E-state index contributed by atoms with van der Waals surface area (Å²) in [5.41, 5.74) is 6.25. The Hall–Kier alpha value is -2.50. The van der Waals surface area contributed by atoms with Gasteiger partial charge in [0, 0.05) is 12.4 Å². The predicted octanol–water partition coefficient (Wildman–Crippen LogP) is 0.706. The van der Waals surface area contributed by atoms with Gasteiger partial charge in [0.05, 0.1) is 18.1 Å². The van der Waals surface area contributed by atoms with Crippen LogP contribution in [0.4, 0.5) is 11.5 Å². The van der Waals surface area contributed by atoms with E-state index in [-0.39, 0.29) is 11.6 Å². The molecule has 0 unspecified atom stereocenters. The molecule has 80 valence electrons. The van der Waals surface area contributed by atoms with E-state index in [0.29, 0.717) is 11.5 Å². The molecule has 2 aromatic rings. The molecule has 0 aliphatic carbocycles. The van der Waals surface area contributed by atoms with E-state index < -0.39 is 0 Å². The predicted molar refractivity (Wildman–Crippen MR) is 58.6 cm³/mol. The van der Waals surface area contributed by atoms with Crippen LogP contribution in [0.15, 0.2) is 36.9 Å². The highest BCUT2D eigenvalue weighted by Crippen LogP contribution is 2.04. The van der Waals surface area contributed by atoms with Gasteiger partial charge < -0.3 is 11.1 Å². The molecule has 0 aliphatic rings. The van der Waals surface area contributed by atoms with Crippen LogP contribution < -0.4 is 11.1 Å². The van der Waals surface area contributed by atoms with Gasteiger partial charge in [-0.2, -0.15) is 0 Å². The highest BCUT2D eigenvalue weighted by molar-refractivity contribution is 6.02. The van der Waals surface area contributed by atoms with Crippen molar-refractivity contribution in [3.05, 3.63) is 42.6 Å². The van der Waals surface area contributed by atoms with E-state index in [4.69, 9.17) is 5.73 Å². The lowest BCUT2D eigenvalue weighted by molar-refractivity contribution is 0.102. The van der Waals surface area contributed by atoms with Crippen LogP contribution >= 0.6 is 0 Å². The van der Waals surface area contributed by atoms with Crippen LogP contribution in [0, 0.1) is 0 Å². The third kappa shape index (κ3) is 2.30. The fraction of sp³-hybridized carbons (Fsp3) is 0. The summed E-state index contributed by atoms with van der Waals surface area (Å²) in [5, 5.41) is 2.56. The van der Waals surface area contributed by atoms with E-state index in [9.17, 15) is 4.79 Å². The number of carbonyl (C=O) groups is 1. The summed E-state index contributed by atoms with van der Waals surface area (Å²) < 4.78 is 0. The molecule has 16 heavy (non-hydrogen) atoms. The normalized spacial score (nSPS) is 9.75. The minimum absolute atomic E-state index is 0.278. The summed E-state index contributed by atoms with van der Waals surface area (Å²) >= 11 is 0. The van der Waals surface area contributed by atoms with Gasteiger partial charge in [-0.25, -0.2) is 9.97 Å². The molecular formula is C10H9N5O. The minimum atomic E-state index is -0.347. The Balaban J connectivity index is 2.12. The maximum Gasteiger partial charge on any atom is 0.275 e. The summed E-state index contributed by atoms with van der Waals surface area (Å²) in [4.78, 5) is 23.3. The Bertz CT molecular complexity index is 482. The highest BCUT2D eigenvalue weighted by atomic mass is 16.1. The zero-order valence-electron chi connectivity index (χ0n) is 8.29. The van der Waals surface area contributed by atoms with Gasteiger partial charge in [0.15, 0.2) is 5.82 Å². The number of nitrogens with zero attached hydrogens (tertiary/aromatic N) is 3. The van der Waals surface area contributed by atoms with Crippen molar-refractivity contribution in [1.29, 1.82) is 0 Å². The average Bonchev–Trinajstić information content (AvgIpc) is 2.31. The number of nitrogens with two attached hydrogens (primary N) is 1. The van der Waals surface area contributed by atoms with Crippen LogP contribution in [-0.4, -0.2) is 20.9 Å². The Morgan fingerprint density at radius 1 is 1.19 bits per heavy atom. The molecule has 0 saturated heterocycles. The maximum absolute atomic E-state index is 11.6. The summed E-state index contributed by atoms with van der Waals surface area (Å²) in [7, 11) is 0. The third-order valence-electron chi connectivity index (χ3n) is 1.82. The first-order valence-electron chi connectivity index (χ1n) is 4.54. The second-order valence-corrected chi connectivity index (χ2v) is 3.02. The first-order valence-corrected chi connectivity index (χ1v) is 4.54. The Morgan fingerprint density at radius 2 is 2.06 bits per heavy atom. The fourth-order valence-electron chi connectivity index (χ4n) is 1.08. The molecule has 0 spiro atoms. The number of aromatic nitrogens is 3. The van der Waals surface area contributed by atoms with E-state index in [2.05, 4.69) is 20.3 Å². The Kier molecular flexibility index (Phi) is 2.73. The molecule has 0 aliphatic heterocycles. The molecule has 2 aromatic heterocycles. The first-order chi connectivity index (χ1) is 7.75. The summed E-state index contributed by atoms with van der Waals surface area (Å²) in [6.45, 7) is 0. The van der Waals surface area contributed by atoms with Crippen LogP contribution in [-0.2, 0) is 0 Å². The summed E-state index contributed by atoms with van der Waals surface area (Å²) in [6.07, 6.45) is 5.89. The van der Waals surface area contributed by atoms with Gasteiger partial charge in [0.25, 0.3) is 5.91 Å². The standard InChI is InChI=1S/C10H9N5O/c11-7-1-2-8(14-5-7)10(16)15-9-6-12-3-4-13-9/h1-6H,11H2,(H,13,15,16). The maximum atomic E-state index is 11.6. The van der Waals surface area contributed by atoms with Crippen molar-refractivity contribution >= 4 is 17.4 Å². The van der Waals surface area contributed by atoms with Crippen LogP contribution in [0.3, 0.4) is 0 Å². The number of nitrogens with one attached hydrogen (secondary N) is 1. The number of pyridine rings is 1. The van der Waals surface area contributed by atoms with Crippen LogP contribution in [0.25, 0.3) is 0 Å². The third-order valence-corrected chi connectivity index (χ3v) is 1.82. The van der Waals surface area contributed by atoms with E-state index in [0.717, 1.165) is 0 Å². The molecule has 2 rings (SSSR count). The number of carbonyl (C=O) groups excluding carboxylic acids is 1. The highest BCUT2D eigenvalue weighted by Gasteiger charge is 2.07. The van der Waals surface area contributed by atoms with Gasteiger partial charge in [0.1, 0.15) is 5.69 Å². The molecule has 2 heterocycles. The lowest BCUT2D eigenvalue weighted by Crippen LogP contribution is -2.14. The zero-order valence-corrected chi connectivity index (χ0v) is 8.29. The molecule has 1 amide bonds. The van der Waals surface area contributed by atoms with Gasteiger partial charge in [-0.05, 0) is 12.1 Å². The van der Waals surface area contributed by atoms with Crippen LogP contribution in [0.5, 0.6) is 0 Å². The topological polar surface area (TPSA) is 93.8 Å². The molecule has 0 aromatic carbocycles. The van der Waals surface area contributed by atoms with Gasteiger partial charge in [0.2, 0.25) is 0 Å². The van der Waals surface area contributed by atoms with Crippen molar-refractivity contribution in [1.82, 2.24) is 15.0 Å². The van der Waals surface area contributed by atoms with Gasteiger partial charge in [-0.15, -0.1) is 0 Å². The van der Waals surface area contributed by atoms with E-state index in [1.807, 2.05) is 0 Å². The molecule has 0 fully saturated rings. The van der Waals surface area contributed by atoms with Crippen molar-refractivity contribution < 1.29 is 4.79 Å². The molecule has 3 N–H and O–H groups in total. The van der Waals surface area contributed by atoms with Gasteiger partial charge >= 0.3 is 0 Å². The summed E-state index contributed by atoms with van der Waals surface area (Å²) in [5.74, 6) is 0.0339. The number of hydrogen-bond donors (Lipinski definition) is 2. The molecule has 6 heteroatoms. The number of nitrogen functional groups attached to an aromatic ring is 1. The Morgan fingerprint density at radius 3 is 2.69 bits per heavy atom. The van der Waals surface area contributed by atoms with Crippen LogP contribution in [0.2, 0.25) is 0 Å². The molecule has 6 nitrogen and oxygen atoms in total. The molecule has 0 radical (unpaired) electrons. The largest absolute Gasteiger partial charge is 0.397 e. The Labute approximate surface area is 91.6 Å². The average molecular weight is 215 g/mol. The second-order valence-electron chi connectivity index (χ2n) is 3.02. The molecule has 0 saturated carbocycles. The minimum Gasteiger partial charge on any atom is -0.397 e. The quantitative estimate of drug-likeness (QED) is 0.769. The summed E-state index contributed by atoms with van der Waals surface area (Å²) in [6, 6.07) is 3.15. The monoisotopic (exact) mass is 215 g/mol. The smallest absolute Gasteiger partial charge is 0.275 e. The molecular weight excluding hydrogens is 206 g/mol. The number of rotatable bonds is 2. The van der Waals surface area contributed by atoms with Gasteiger partial charge in [-0.3, -0.25) is 9.78 Å². The van der Waals surface area contributed by atoms with Crippen molar-refractivity contribution in [2.24, 2.45) is 0 Å². The van der Waals surface area contributed by atoms with Crippen molar-refractivity contribution in [3.63, 3.8) is 0 Å². The van der Waals surface area contributed by atoms with E-state index >= 15 is 0 Å². The van der Waals surface area contributed by atoms with Crippen LogP contribution in [0.1, 0.15) is 10.5 Å². The molecule has 0 atom stereocenters. The first kappa shape index (κ1) is 10.0. The lowest BCUT2D eigenvalue weighted by atomic mass is 10.3. The van der Waals surface area contributed by atoms with E-state index in [1.165, 1.54) is 24.8 Å². The lowest BCUT2D eigenvalue weighted by Gasteiger charge is -2.02. The zero-order chi connectivity index (χ0) is 11.4. The molecule has 0 bridgehead atoms. The number of amides is 1. The fourth-order valence-corrected chi connectivity index (χ4v) is 1.08. The van der Waals surface area contributed by atoms with Crippen molar-refractivity contribution in [2.75, 3.05) is 11.1 Å². The number of hydrogen-bond acceptors (Lipinski definition) is 5. The van der Waals surface area contributed by atoms with Crippen molar-refractivity contribution in [3.8, 4) is 0 Å².